The summed E-state index contributed by atoms with van der Waals surface area (Å²) in [6.45, 7) is 3.38. The molecule has 3 heterocycles. The molecule has 2 atom stereocenters. The lowest BCUT2D eigenvalue weighted by Crippen LogP contribution is -2.47. The fourth-order valence-corrected chi connectivity index (χ4v) is 6.03. The first-order valence-electron chi connectivity index (χ1n) is 12.8. The monoisotopic (exact) mass is 558 g/mol. The third-order valence-electron chi connectivity index (χ3n) is 7.67. The van der Waals surface area contributed by atoms with E-state index in [0.29, 0.717) is 28.8 Å². The van der Waals surface area contributed by atoms with Crippen LogP contribution in [-0.2, 0) is 16.4 Å². The molecule has 0 saturated heterocycles. The predicted molar refractivity (Wildman–Crippen MR) is 149 cm³/mol. The number of alkyl halides is 3. The van der Waals surface area contributed by atoms with Crippen LogP contribution in [0.4, 0.5) is 24.7 Å². The Morgan fingerprint density at radius 1 is 0.927 bits per heavy atom. The number of fused-ring (bicyclic) bond motifs is 1. The van der Waals surface area contributed by atoms with Crippen molar-refractivity contribution in [1.82, 2.24) is 19.6 Å². The molecule has 0 spiro atoms. The summed E-state index contributed by atoms with van der Waals surface area (Å²) < 4.78 is 47.0. The van der Waals surface area contributed by atoms with Gasteiger partial charge in [-0.25, -0.2) is 9.36 Å². The van der Waals surface area contributed by atoms with Gasteiger partial charge in [0, 0.05) is 11.3 Å². The largest absolute Gasteiger partial charge is 0.433 e. The molecule has 0 saturated carbocycles. The highest BCUT2D eigenvalue weighted by atomic mass is 19.4. The third-order valence-corrected chi connectivity index (χ3v) is 7.67. The number of nitrogens with two attached hydrogens (primary N) is 1. The lowest BCUT2D eigenvalue weighted by Gasteiger charge is -2.34. The summed E-state index contributed by atoms with van der Waals surface area (Å²) in [5.41, 5.74) is 4.51. The number of aromatic nitrogens is 4. The second-order valence-electron chi connectivity index (χ2n) is 9.99. The highest BCUT2D eigenvalue weighted by molar-refractivity contribution is 5.85. The molecular formula is C30H25F3N6O2. The van der Waals surface area contributed by atoms with Gasteiger partial charge in [0.25, 0.3) is 5.56 Å². The third kappa shape index (κ3) is 3.72. The summed E-state index contributed by atoms with van der Waals surface area (Å²) >= 11 is 0. The van der Waals surface area contributed by atoms with Gasteiger partial charge in [-0.05, 0) is 49.2 Å². The molecule has 208 valence electrons. The first-order chi connectivity index (χ1) is 19.6. The number of anilines is 2. The SMILES string of the molecule is Cc1cccc2c1NC(C=O)C2(c1c(C)nn(-c2ccccc2)c1N)c1c(C(F)(F)F)[nH]n(-c2ccccc2)c1=O. The van der Waals surface area contributed by atoms with Crippen molar-refractivity contribution in [2.45, 2.75) is 31.5 Å². The maximum atomic E-state index is 14.9. The van der Waals surface area contributed by atoms with Gasteiger partial charge in [0.05, 0.1) is 28.0 Å². The maximum Gasteiger partial charge on any atom is 0.433 e. The van der Waals surface area contributed by atoms with Crippen molar-refractivity contribution >= 4 is 17.8 Å². The van der Waals surface area contributed by atoms with E-state index in [2.05, 4.69) is 15.5 Å². The minimum Gasteiger partial charge on any atom is -0.383 e. The molecule has 41 heavy (non-hydrogen) atoms. The van der Waals surface area contributed by atoms with Gasteiger partial charge in [-0.15, -0.1) is 0 Å². The van der Waals surface area contributed by atoms with Crippen molar-refractivity contribution in [3.8, 4) is 11.4 Å². The molecule has 2 aromatic heterocycles. The number of aryl methyl sites for hydroxylation is 2. The van der Waals surface area contributed by atoms with E-state index in [1.165, 1.54) is 16.8 Å². The number of carbonyl (C=O) groups is 1. The van der Waals surface area contributed by atoms with Crippen molar-refractivity contribution in [3.63, 3.8) is 0 Å². The molecule has 3 aromatic carbocycles. The van der Waals surface area contributed by atoms with Gasteiger partial charge < -0.3 is 15.8 Å². The quantitative estimate of drug-likeness (QED) is 0.266. The Hall–Kier alpha value is -5.06. The van der Waals surface area contributed by atoms with E-state index in [1.54, 1.807) is 74.5 Å². The Labute approximate surface area is 232 Å². The Morgan fingerprint density at radius 2 is 1.56 bits per heavy atom. The van der Waals surface area contributed by atoms with Crippen molar-refractivity contribution in [1.29, 1.82) is 0 Å². The zero-order valence-electron chi connectivity index (χ0n) is 22.0. The van der Waals surface area contributed by atoms with Crippen LogP contribution < -0.4 is 16.6 Å². The molecule has 0 fully saturated rings. The molecule has 6 rings (SSSR count). The van der Waals surface area contributed by atoms with Crippen molar-refractivity contribution in [2.24, 2.45) is 0 Å². The Kier molecular flexibility index (Phi) is 5.91. The molecule has 0 radical (unpaired) electrons. The fraction of sp³-hybridized carbons (Fsp3) is 0.167. The van der Waals surface area contributed by atoms with Crippen LogP contribution in [0.3, 0.4) is 0 Å². The topological polar surface area (TPSA) is 111 Å². The Morgan fingerprint density at radius 3 is 2.17 bits per heavy atom. The lowest BCUT2D eigenvalue weighted by molar-refractivity contribution is -0.142. The van der Waals surface area contributed by atoms with Gasteiger partial charge >= 0.3 is 6.18 Å². The second-order valence-corrected chi connectivity index (χ2v) is 9.99. The van der Waals surface area contributed by atoms with Crippen molar-refractivity contribution in [2.75, 3.05) is 11.1 Å². The molecule has 2 unspecified atom stereocenters. The molecule has 4 N–H and O–H groups in total. The van der Waals surface area contributed by atoms with Crippen LogP contribution >= 0.6 is 0 Å². The highest BCUT2D eigenvalue weighted by Crippen LogP contribution is 2.54. The number of nitrogens with one attached hydrogen (secondary N) is 2. The van der Waals surface area contributed by atoms with Crippen LogP contribution in [0.1, 0.15) is 33.6 Å². The van der Waals surface area contributed by atoms with Crippen LogP contribution in [0.15, 0.2) is 83.7 Å². The van der Waals surface area contributed by atoms with E-state index in [0.717, 1.165) is 4.68 Å². The average Bonchev–Trinajstić information content (AvgIpc) is 3.59. The molecule has 5 aromatic rings. The number of hydrogen-bond acceptors (Lipinski definition) is 5. The smallest absolute Gasteiger partial charge is 0.383 e. The van der Waals surface area contributed by atoms with Crippen molar-refractivity contribution < 1.29 is 18.0 Å². The molecule has 1 aliphatic heterocycles. The predicted octanol–water partition coefficient (Wildman–Crippen LogP) is 4.90. The summed E-state index contributed by atoms with van der Waals surface area (Å²) in [5.74, 6) is 0.0108. The van der Waals surface area contributed by atoms with Crippen LogP contribution in [0.2, 0.25) is 0 Å². The van der Waals surface area contributed by atoms with Gasteiger partial charge in [0.1, 0.15) is 23.8 Å². The van der Waals surface area contributed by atoms with Crippen LogP contribution in [0.25, 0.3) is 11.4 Å². The number of nitrogens with zero attached hydrogens (tertiary/aromatic N) is 3. The Bertz CT molecular complexity index is 1840. The Balaban J connectivity index is 1.81. The molecule has 1 aliphatic rings. The average molecular weight is 559 g/mol. The summed E-state index contributed by atoms with van der Waals surface area (Å²) in [7, 11) is 0. The van der Waals surface area contributed by atoms with Gasteiger partial charge in [0.2, 0.25) is 0 Å². The van der Waals surface area contributed by atoms with Crippen LogP contribution in [-0.4, -0.2) is 31.9 Å². The zero-order chi connectivity index (χ0) is 29.1. The number of benzene rings is 3. The molecule has 11 heteroatoms. The highest BCUT2D eigenvalue weighted by Gasteiger charge is 2.58. The van der Waals surface area contributed by atoms with Gasteiger partial charge in [-0.3, -0.25) is 9.89 Å². The number of para-hydroxylation sites is 3. The standard InChI is InChI=1S/C30H25F3N6O2/c1-17-10-9-15-21-25(17)35-22(16-40)29(21,23-18(2)36-38(27(23)34)19-11-5-3-6-12-19)24-26(30(31,32)33)37-39(28(24)41)20-13-7-4-8-14-20/h3-16,22,35,37H,34H2,1-2H3. The summed E-state index contributed by atoms with van der Waals surface area (Å²) in [6.07, 6.45) is -4.46. The first-order valence-corrected chi connectivity index (χ1v) is 12.8. The molecule has 0 amide bonds. The second kappa shape index (κ2) is 9.26. The van der Waals surface area contributed by atoms with E-state index in [4.69, 9.17) is 5.73 Å². The normalized spacial score (nSPS) is 18.2. The summed E-state index contributed by atoms with van der Waals surface area (Å²) in [4.78, 5) is 27.1. The van der Waals surface area contributed by atoms with Crippen LogP contribution in [0.5, 0.6) is 0 Å². The van der Waals surface area contributed by atoms with Crippen LogP contribution in [0, 0.1) is 13.8 Å². The van der Waals surface area contributed by atoms with E-state index in [1.807, 2.05) is 6.07 Å². The molecule has 8 nitrogen and oxygen atoms in total. The summed E-state index contributed by atoms with van der Waals surface area (Å²) in [5, 5.41) is 10.0. The van der Waals surface area contributed by atoms with Gasteiger partial charge in [-0.1, -0.05) is 54.6 Å². The van der Waals surface area contributed by atoms with Gasteiger partial charge in [0.15, 0.2) is 0 Å². The number of aldehydes is 1. The van der Waals surface area contributed by atoms with E-state index in [-0.39, 0.29) is 22.8 Å². The summed E-state index contributed by atoms with van der Waals surface area (Å²) in [6, 6.07) is 20.6. The maximum absolute atomic E-state index is 14.9. The minimum atomic E-state index is -4.99. The number of carbonyl (C=O) groups excluding carboxylic acids is 1. The first kappa shape index (κ1) is 26.2. The molecular weight excluding hydrogens is 533 g/mol. The van der Waals surface area contributed by atoms with E-state index < -0.39 is 34.4 Å². The number of halogens is 3. The fourth-order valence-electron chi connectivity index (χ4n) is 6.03. The molecule has 0 bridgehead atoms. The van der Waals surface area contributed by atoms with E-state index >= 15 is 0 Å². The van der Waals surface area contributed by atoms with E-state index in [9.17, 15) is 22.8 Å². The number of rotatable bonds is 5. The number of aromatic amines is 1. The minimum absolute atomic E-state index is 0.0108. The van der Waals surface area contributed by atoms with Gasteiger partial charge in [-0.2, -0.15) is 18.3 Å². The van der Waals surface area contributed by atoms with Crippen molar-refractivity contribution in [3.05, 3.63) is 123 Å². The lowest BCUT2D eigenvalue weighted by atomic mass is 9.66. The molecule has 0 aliphatic carbocycles. The number of H-pyrrole nitrogens is 1. The number of nitrogen functional groups attached to an aromatic ring is 1. The zero-order valence-corrected chi connectivity index (χ0v) is 22.0. The number of hydrogen-bond donors (Lipinski definition) is 3.